The fourth-order valence-electron chi connectivity index (χ4n) is 1.13. The summed E-state index contributed by atoms with van der Waals surface area (Å²) in [5.74, 6) is 0. The van der Waals surface area contributed by atoms with Crippen LogP contribution >= 0.6 is 11.6 Å². The zero-order chi connectivity index (χ0) is 10.2. The highest BCUT2D eigenvalue weighted by molar-refractivity contribution is 6.31. The monoisotopic (exact) mass is 208 g/mol. The number of aryl methyl sites for hydroxylation is 1. The summed E-state index contributed by atoms with van der Waals surface area (Å²) in [4.78, 5) is 0. The van der Waals surface area contributed by atoms with Gasteiger partial charge in [0.1, 0.15) is 0 Å². The maximum Gasteiger partial charge on any atom is 0.418 e. The van der Waals surface area contributed by atoms with E-state index >= 15 is 0 Å². The Labute approximate surface area is 79.3 Å². The third-order valence-electron chi connectivity index (χ3n) is 1.97. The van der Waals surface area contributed by atoms with Gasteiger partial charge in [0.15, 0.2) is 0 Å². The molecule has 0 bridgehead atoms. The molecule has 1 rings (SSSR count). The molecular weight excluding hydrogens is 201 g/mol. The summed E-state index contributed by atoms with van der Waals surface area (Å²) in [6.07, 6.45) is -4.37. The van der Waals surface area contributed by atoms with Crippen molar-refractivity contribution in [3.8, 4) is 0 Å². The van der Waals surface area contributed by atoms with Gasteiger partial charge in [-0.05, 0) is 31.0 Å². The SMILES string of the molecule is Cc1ccc(Cl)c(C(F)(F)F)c1C. The molecule has 0 saturated carbocycles. The van der Waals surface area contributed by atoms with Gasteiger partial charge in [-0.1, -0.05) is 17.7 Å². The molecule has 0 aliphatic rings. The first-order chi connectivity index (χ1) is 5.84. The van der Waals surface area contributed by atoms with Crippen LogP contribution in [0.5, 0.6) is 0 Å². The van der Waals surface area contributed by atoms with E-state index in [0.29, 0.717) is 5.56 Å². The molecule has 0 aliphatic carbocycles. The Kier molecular flexibility index (Phi) is 2.57. The lowest BCUT2D eigenvalue weighted by molar-refractivity contribution is -0.138. The zero-order valence-electron chi connectivity index (χ0n) is 7.17. The van der Waals surface area contributed by atoms with Crippen LogP contribution in [0.3, 0.4) is 0 Å². The van der Waals surface area contributed by atoms with E-state index in [1.165, 1.54) is 13.0 Å². The molecule has 0 saturated heterocycles. The second kappa shape index (κ2) is 3.22. The Morgan fingerprint density at radius 1 is 1.15 bits per heavy atom. The van der Waals surface area contributed by atoms with Gasteiger partial charge in [-0.2, -0.15) is 13.2 Å². The fraction of sp³-hybridized carbons (Fsp3) is 0.333. The average molecular weight is 209 g/mol. The summed E-state index contributed by atoms with van der Waals surface area (Å²) in [6.45, 7) is 3.05. The molecule has 0 heterocycles. The van der Waals surface area contributed by atoms with Crippen LogP contribution in [0.15, 0.2) is 12.1 Å². The molecule has 0 aliphatic heterocycles. The summed E-state index contributed by atoms with van der Waals surface area (Å²) in [6, 6.07) is 2.85. The van der Waals surface area contributed by atoms with Crippen molar-refractivity contribution in [2.75, 3.05) is 0 Å². The number of halogens is 4. The molecule has 0 fully saturated rings. The van der Waals surface area contributed by atoms with Gasteiger partial charge < -0.3 is 0 Å². The van der Waals surface area contributed by atoms with Crippen LogP contribution in [-0.2, 0) is 6.18 Å². The second-order valence-electron chi connectivity index (χ2n) is 2.86. The van der Waals surface area contributed by atoms with E-state index in [1.807, 2.05) is 0 Å². The van der Waals surface area contributed by atoms with Gasteiger partial charge in [-0.3, -0.25) is 0 Å². The van der Waals surface area contributed by atoms with Crippen molar-refractivity contribution >= 4 is 11.6 Å². The molecule has 0 N–H and O–H groups in total. The van der Waals surface area contributed by atoms with Gasteiger partial charge in [0.2, 0.25) is 0 Å². The first-order valence-electron chi connectivity index (χ1n) is 3.67. The number of alkyl halides is 3. The minimum Gasteiger partial charge on any atom is -0.166 e. The van der Waals surface area contributed by atoms with Crippen molar-refractivity contribution in [3.05, 3.63) is 33.8 Å². The van der Waals surface area contributed by atoms with Crippen LogP contribution in [0.1, 0.15) is 16.7 Å². The molecule has 1 aromatic carbocycles. The highest BCUT2D eigenvalue weighted by Crippen LogP contribution is 2.37. The van der Waals surface area contributed by atoms with E-state index in [2.05, 4.69) is 0 Å². The van der Waals surface area contributed by atoms with Crippen molar-refractivity contribution in [1.82, 2.24) is 0 Å². The topological polar surface area (TPSA) is 0 Å². The molecule has 0 spiro atoms. The first kappa shape index (κ1) is 10.4. The summed E-state index contributed by atoms with van der Waals surface area (Å²) < 4.78 is 37.2. The molecule has 13 heavy (non-hydrogen) atoms. The smallest absolute Gasteiger partial charge is 0.166 e. The molecule has 0 amide bonds. The molecule has 72 valence electrons. The highest BCUT2D eigenvalue weighted by Gasteiger charge is 2.35. The van der Waals surface area contributed by atoms with E-state index in [9.17, 15) is 13.2 Å². The molecule has 1 aromatic rings. The predicted octanol–water partition coefficient (Wildman–Crippen LogP) is 3.98. The molecule has 0 atom stereocenters. The summed E-state index contributed by atoms with van der Waals surface area (Å²) in [5, 5.41) is -0.240. The molecule has 0 aromatic heterocycles. The number of hydrogen-bond donors (Lipinski definition) is 0. The molecule has 0 radical (unpaired) electrons. The van der Waals surface area contributed by atoms with Gasteiger partial charge in [0.25, 0.3) is 0 Å². The molecule has 0 nitrogen and oxygen atoms in total. The van der Waals surface area contributed by atoms with E-state index in [1.54, 1.807) is 13.0 Å². The zero-order valence-corrected chi connectivity index (χ0v) is 7.92. The lowest BCUT2D eigenvalue weighted by atomic mass is 10.0. The average Bonchev–Trinajstić information content (AvgIpc) is 1.95. The number of benzene rings is 1. The van der Waals surface area contributed by atoms with Crippen molar-refractivity contribution in [2.45, 2.75) is 20.0 Å². The summed E-state index contributed by atoms with van der Waals surface area (Å²) in [7, 11) is 0. The predicted molar refractivity (Wildman–Crippen MR) is 45.9 cm³/mol. The van der Waals surface area contributed by atoms with Gasteiger partial charge >= 0.3 is 6.18 Å². The standard InChI is InChI=1S/C9H8ClF3/c1-5-3-4-7(10)8(6(5)2)9(11,12)13/h3-4H,1-2H3. The Morgan fingerprint density at radius 2 is 1.69 bits per heavy atom. The minimum absolute atomic E-state index is 0.194. The van der Waals surface area contributed by atoms with Crippen LogP contribution in [0.2, 0.25) is 5.02 Å². The van der Waals surface area contributed by atoms with Crippen molar-refractivity contribution in [2.24, 2.45) is 0 Å². The third kappa shape index (κ3) is 1.97. The molecular formula is C9H8ClF3. The maximum absolute atomic E-state index is 12.4. The Bertz CT molecular complexity index is 328. The summed E-state index contributed by atoms with van der Waals surface area (Å²) >= 11 is 5.47. The first-order valence-corrected chi connectivity index (χ1v) is 4.04. The fourth-order valence-corrected chi connectivity index (χ4v) is 1.44. The summed E-state index contributed by atoms with van der Waals surface area (Å²) in [5.41, 5.74) is 0.0610. The van der Waals surface area contributed by atoms with Crippen molar-refractivity contribution in [1.29, 1.82) is 0 Å². The van der Waals surface area contributed by atoms with Crippen molar-refractivity contribution in [3.63, 3.8) is 0 Å². The van der Waals surface area contributed by atoms with Crippen LogP contribution in [0, 0.1) is 13.8 Å². The van der Waals surface area contributed by atoms with Gasteiger partial charge in [-0.25, -0.2) is 0 Å². The lowest BCUT2D eigenvalue weighted by Gasteiger charge is -2.13. The third-order valence-corrected chi connectivity index (χ3v) is 2.28. The second-order valence-corrected chi connectivity index (χ2v) is 3.27. The molecule has 0 unspecified atom stereocenters. The van der Waals surface area contributed by atoms with Gasteiger partial charge in [-0.15, -0.1) is 0 Å². The number of hydrogen-bond acceptors (Lipinski definition) is 0. The highest BCUT2D eigenvalue weighted by atomic mass is 35.5. The van der Waals surface area contributed by atoms with Crippen LogP contribution in [0.4, 0.5) is 13.2 Å². The van der Waals surface area contributed by atoms with E-state index in [-0.39, 0.29) is 10.6 Å². The Morgan fingerprint density at radius 3 is 2.08 bits per heavy atom. The quantitative estimate of drug-likeness (QED) is 0.605. The van der Waals surface area contributed by atoms with Gasteiger partial charge in [0.05, 0.1) is 10.6 Å². The van der Waals surface area contributed by atoms with E-state index < -0.39 is 11.7 Å². The van der Waals surface area contributed by atoms with Crippen LogP contribution in [-0.4, -0.2) is 0 Å². The Balaban J connectivity index is 3.43. The molecule has 4 heteroatoms. The number of rotatable bonds is 0. The van der Waals surface area contributed by atoms with Crippen molar-refractivity contribution < 1.29 is 13.2 Å². The Hall–Kier alpha value is -0.700. The lowest BCUT2D eigenvalue weighted by Crippen LogP contribution is -2.09. The van der Waals surface area contributed by atoms with E-state index in [4.69, 9.17) is 11.6 Å². The largest absolute Gasteiger partial charge is 0.418 e. The normalized spacial score (nSPS) is 11.8. The van der Waals surface area contributed by atoms with Crippen LogP contribution < -0.4 is 0 Å². The van der Waals surface area contributed by atoms with Gasteiger partial charge in [0, 0.05) is 0 Å². The maximum atomic E-state index is 12.4. The van der Waals surface area contributed by atoms with E-state index in [0.717, 1.165) is 0 Å². The minimum atomic E-state index is -4.37. The van der Waals surface area contributed by atoms with Crippen LogP contribution in [0.25, 0.3) is 0 Å².